The highest BCUT2D eigenvalue weighted by atomic mass is 16.7. The molecule has 1 fully saturated rings. The molecule has 0 saturated carbocycles. The van der Waals surface area contributed by atoms with Gasteiger partial charge in [0.2, 0.25) is 12.7 Å². The van der Waals surface area contributed by atoms with Gasteiger partial charge in [0, 0.05) is 37.7 Å². The SMILES string of the molecule is O=C(c1ccc2c(c1)OCO2)N1CCC(C(=O)N2CCc3ccccc3C2)CC1. The van der Waals surface area contributed by atoms with Crippen LogP contribution in [0.2, 0.25) is 0 Å². The minimum atomic E-state index is -0.0129. The maximum absolute atomic E-state index is 13.0. The number of rotatable bonds is 2. The average Bonchev–Trinajstić information content (AvgIpc) is 3.26. The number of hydrogen-bond acceptors (Lipinski definition) is 4. The van der Waals surface area contributed by atoms with E-state index in [0.717, 1.165) is 13.0 Å². The van der Waals surface area contributed by atoms with E-state index in [1.807, 2.05) is 15.9 Å². The molecule has 0 atom stereocenters. The second-order valence-electron chi connectivity index (χ2n) is 7.91. The molecule has 0 aromatic heterocycles. The first kappa shape index (κ1) is 18.0. The first-order valence-electron chi connectivity index (χ1n) is 10.2. The van der Waals surface area contributed by atoms with Crippen LogP contribution in [-0.4, -0.2) is 48.0 Å². The molecule has 0 unspecified atom stereocenters. The van der Waals surface area contributed by atoms with Gasteiger partial charge in [-0.3, -0.25) is 9.59 Å². The van der Waals surface area contributed by atoms with Gasteiger partial charge in [-0.2, -0.15) is 0 Å². The molecule has 0 radical (unpaired) electrons. The summed E-state index contributed by atoms with van der Waals surface area (Å²) in [4.78, 5) is 29.7. The first-order chi connectivity index (χ1) is 14.2. The number of hydrogen-bond donors (Lipinski definition) is 0. The topological polar surface area (TPSA) is 59.1 Å². The number of fused-ring (bicyclic) bond motifs is 2. The Balaban J connectivity index is 1.19. The van der Waals surface area contributed by atoms with E-state index >= 15 is 0 Å². The van der Waals surface area contributed by atoms with Crippen LogP contribution in [0.25, 0.3) is 0 Å². The van der Waals surface area contributed by atoms with Crippen LogP contribution in [-0.2, 0) is 17.8 Å². The molecular formula is C23H24N2O4. The molecule has 5 rings (SSSR count). The van der Waals surface area contributed by atoms with Gasteiger partial charge in [-0.1, -0.05) is 24.3 Å². The fourth-order valence-electron chi connectivity index (χ4n) is 4.48. The zero-order valence-electron chi connectivity index (χ0n) is 16.3. The second-order valence-corrected chi connectivity index (χ2v) is 7.91. The Bertz CT molecular complexity index is 950. The summed E-state index contributed by atoms with van der Waals surface area (Å²) in [6.45, 7) is 2.89. The number of carbonyl (C=O) groups is 2. The lowest BCUT2D eigenvalue weighted by Crippen LogP contribution is -2.45. The first-order valence-corrected chi connectivity index (χ1v) is 10.2. The molecule has 2 aromatic carbocycles. The number of likely N-dealkylation sites (tertiary alicyclic amines) is 1. The van der Waals surface area contributed by atoms with Crippen molar-refractivity contribution in [2.24, 2.45) is 5.92 Å². The highest BCUT2D eigenvalue weighted by Crippen LogP contribution is 2.33. The lowest BCUT2D eigenvalue weighted by atomic mass is 9.92. The van der Waals surface area contributed by atoms with E-state index in [-0.39, 0.29) is 24.5 Å². The lowest BCUT2D eigenvalue weighted by Gasteiger charge is -2.36. The Morgan fingerprint density at radius 1 is 0.862 bits per heavy atom. The van der Waals surface area contributed by atoms with Crippen molar-refractivity contribution in [3.05, 3.63) is 59.2 Å². The molecule has 29 heavy (non-hydrogen) atoms. The van der Waals surface area contributed by atoms with Gasteiger partial charge in [-0.05, 0) is 48.6 Å². The Morgan fingerprint density at radius 3 is 2.45 bits per heavy atom. The van der Waals surface area contributed by atoms with Crippen LogP contribution in [0, 0.1) is 5.92 Å². The van der Waals surface area contributed by atoms with Crippen molar-refractivity contribution < 1.29 is 19.1 Å². The van der Waals surface area contributed by atoms with Crippen LogP contribution < -0.4 is 9.47 Å². The molecule has 3 heterocycles. The number of amides is 2. The summed E-state index contributed by atoms with van der Waals surface area (Å²) < 4.78 is 10.7. The Morgan fingerprint density at radius 2 is 1.62 bits per heavy atom. The van der Waals surface area contributed by atoms with E-state index in [1.165, 1.54) is 11.1 Å². The molecule has 1 saturated heterocycles. The van der Waals surface area contributed by atoms with Crippen molar-refractivity contribution in [1.82, 2.24) is 9.80 Å². The summed E-state index contributed by atoms with van der Waals surface area (Å²) in [5.74, 6) is 1.51. The lowest BCUT2D eigenvalue weighted by molar-refractivity contribution is -0.137. The van der Waals surface area contributed by atoms with Gasteiger partial charge in [-0.15, -0.1) is 0 Å². The third-order valence-electron chi connectivity index (χ3n) is 6.19. The average molecular weight is 392 g/mol. The fraction of sp³-hybridized carbons (Fsp3) is 0.391. The normalized spacial score (nSPS) is 18.5. The van der Waals surface area contributed by atoms with E-state index in [1.54, 1.807) is 18.2 Å². The van der Waals surface area contributed by atoms with Gasteiger partial charge in [0.25, 0.3) is 5.91 Å². The Hall–Kier alpha value is -3.02. The predicted molar refractivity (Wildman–Crippen MR) is 107 cm³/mol. The summed E-state index contributed by atoms with van der Waals surface area (Å²) in [5, 5.41) is 0. The van der Waals surface area contributed by atoms with Gasteiger partial charge in [-0.25, -0.2) is 0 Å². The molecule has 150 valence electrons. The fourth-order valence-corrected chi connectivity index (χ4v) is 4.48. The summed E-state index contributed by atoms with van der Waals surface area (Å²) in [6.07, 6.45) is 2.35. The third-order valence-corrected chi connectivity index (χ3v) is 6.19. The van der Waals surface area contributed by atoms with E-state index in [9.17, 15) is 9.59 Å². The van der Waals surface area contributed by atoms with Crippen LogP contribution in [0.15, 0.2) is 42.5 Å². The van der Waals surface area contributed by atoms with E-state index in [4.69, 9.17) is 9.47 Å². The van der Waals surface area contributed by atoms with Gasteiger partial charge in [0.15, 0.2) is 11.5 Å². The zero-order valence-corrected chi connectivity index (χ0v) is 16.3. The summed E-state index contributed by atoms with van der Waals surface area (Å²) in [7, 11) is 0. The minimum Gasteiger partial charge on any atom is -0.454 e. The Kier molecular flexibility index (Phi) is 4.62. The highest BCUT2D eigenvalue weighted by Gasteiger charge is 2.32. The molecule has 2 aromatic rings. The van der Waals surface area contributed by atoms with Gasteiger partial charge in [0.05, 0.1) is 0 Å². The van der Waals surface area contributed by atoms with Crippen LogP contribution in [0.3, 0.4) is 0 Å². The minimum absolute atomic E-state index is 0.000987. The molecule has 0 bridgehead atoms. The van der Waals surface area contributed by atoms with E-state index in [0.29, 0.717) is 49.5 Å². The second kappa shape index (κ2) is 7.43. The number of piperidine rings is 1. The van der Waals surface area contributed by atoms with Crippen molar-refractivity contribution in [2.75, 3.05) is 26.4 Å². The van der Waals surface area contributed by atoms with Crippen molar-refractivity contribution in [1.29, 1.82) is 0 Å². The summed E-state index contributed by atoms with van der Waals surface area (Å²) in [5.41, 5.74) is 3.20. The van der Waals surface area contributed by atoms with Gasteiger partial charge in [0.1, 0.15) is 0 Å². The molecule has 0 aliphatic carbocycles. The van der Waals surface area contributed by atoms with Crippen molar-refractivity contribution in [3.8, 4) is 11.5 Å². The quantitative estimate of drug-likeness (QED) is 0.789. The largest absolute Gasteiger partial charge is 0.454 e. The van der Waals surface area contributed by atoms with Gasteiger partial charge < -0.3 is 19.3 Å². The zero-order chi connectivity index (χ0) is 19.8. The van der Waals surface area contributed by atoms with Crippen LogP contribution in [0.4, 0.5) is 0 Å². The molecule has 6 heteroatoms. The Labute approximate surface area is 170 Å². The van der Waals surface area contributed by atoms with Gasteiger partial charge >= 0.3 is 0 Å². The van der Waals surface area contributed by atoms with Crippen molar-refractivity contribution in [3.63, 3.8) is 0 Å². The monoisotopic (exact) mass is 392 g/mol. The van der Waals surface area contributed by atoms with E-state index in [2.05, 4.69) is 18.2 Å². The highest BCUT2D eigenvalue weighted by molar-refractivity contribution is 5.95. The molecule has 2 amide bonds. The molecule has 0 N–H and O–H groups in total. The number of ether oxygens (including phenoxy) is 2. The molecule has 0 spiro atoms. The molecule has 3 aliphatic rings. The standard InChI is InChI=1S/C23H24N2O4/c26-22(25-12-7-16-3-1-2-4-19(16)14-25)17-8-10-24(11-9-17)23(27)18-5-6-20-21(13-18)29-15-28-20/h1-6,13,17H,7-12,14-15H2. The van der Waals surface area contributed by atoms with Crippen LogP contribution in [0.1, 0.15) is 34.3 Å². The molecular weight excluding hydrogens is 368 g/mol. The maximum atomic E-state index is 13.0. The third kappa shape index (κ3) is 3.43. The number of nitrogens with zero attached hydrogens (tertiary/aromatic N) is 2. The van der Waals surface area contributed by atoms with E-state index < -0.39 is 0 Å². The summed E-state index contributed by atoms with van der Waals surface area (Å²) in [6, 6.07) is 13.7. The molecule has 3 aliphatic heterocycles. The van der Waals surface area contributed by atoms with Crippen molar-refractivity contribution in [2.45, 2.75) is 25.8 Å². The predicted octanol–water partition coefficient (Wildman–Crippen LogP) is 2.85. The van der Waals surface area contributed by atoms with Crippen LogP contribution >= 0.6 is 0 Å². The smallest absolute Gasteiger partial charge is 0.253 e. The summed E-state index contributed by atoms with van der Waals surface area (Å²) >= 11 is 0. The maximum Gasteiger partial charge on any atom is 0.253 e. The van der Waals surface area contributed by atoms with Crippen molar-refractivity contribution >= 4 is 11.8 Å². The number of benzene rings is 2. The van der Waals surface area contributed by atoms with Crippen LogP contribution in [0.5, 0.6) is 11.5 Å². The number of carbonyl (C=O) groups excluding carboxylic acids is 2. The molecule has 6 nitrogen and oxygen atoms in total.